The second-order valence-electron chi connectivity index (χ2n) is 3.81. The zero-order chi connectivity index (χ0) is 9.80. The number of aliphatic hydroxyl groups excluding tert-OH is 1. The fourth-order valence-electron chi connectivity index (χ4n) is 1.92. The molecular formula is C9H15N3OS. The Bertz CT molecular complexity index is 265. The maximum absolute atomic E-state index is 9.09. The van der Waals surface area contributed by atoms with Crippen LogP contribution in [0.2, 0.25) is 0 Å². The molecule has 78 valence electrons. The third-order valence-corrected chi connectivity index (χ3v) is 3.29. The molecule has 0 aliphatic carbocycles. The van der Waals surface area contributed by atoms with Crippen molar-refractivity contribution in [1.82, 2.24) is 14.5 Å². The first kappa shape index (κ1) is 10.0. The average molecular weight is 213 g/mol. The SMILES string of the molecule is OCC1CCCN(Cc2cnns2)C1. The molecule has 1 N–H and O–H groups in total. The summed E-state index contributed by atoms with van der Waals surface area (Å²) in [5.41, 5.74) is 0. The summed E-state index contributed by atoms with van der Waals surface area (Å²) in [7, 11) is 0. The number of nitrogens with zero attached hydrogens (tertiary/aromatic N) is 3. The Morgan fingerprint density at radius 3 is 3.29 bits per heavy atom. The highest BCUT2D eigenvalue weighted by Gasteiger charge is 2.19. The highest BCUT2D eigenvalue weighted by molar-refractivity contribution is 7.05. The molecular weight excluding hydrogens is 198 g/mol. The molecule has 0 spiro atoms. The van der Waals surface area contributed by atoms with Crippen LogP contribution in [0, 0.1) is 5.92 Å². The minimum atomic E-state index is 0.317. The van der Waals surface area contributed by atoms with Crippen molar-refractivity contribution >= 4 is 11.5 Å². The molecule has 14 heavy (non-hydrogen) atoms. The Balaban J connectivity index is 1.86. The first-order valence-corrected chi connectivity index (χ1v) is 5.75. The standard InChI is InChI=1S/C9H15N3OS/c13-7-8-2-1-3-12(5-8)6-9-4-10-11-14-9/h4,8,13H,1-3,5-7H2. The van der Waals surface area contributed by atoms with Crippen molar-refractivity contribution in [2.24, 2.45) is 5.92 Å². The van der Waals surface area contributed by atoms with E-state index in [1.165, 1.54) is 22.8 Å². The molecule has 1 fully saturated rings. The molecule has 1 aliphatic rings. The molecule has 1 aromatic rings. The molecule has 0 bridgehead atoms. The van der Waals surface area contributed by atoms with Crippen LogP contribution in [0.5, 0.6) is 0 Å². The summed E-state index contributed by atoms with van der Waals surface area (Å²) in [5.74, 6) is 0.463. The van der Waals surface area contributed by atoms with Crippen LogP contribution >= 0.6 is 11.5 Å². The van der Waals surface area contributed by atoms with Gasteiger partial charge in [-0.3, -0.25) is 4.90 Å². The van der Waals surface area contributed by atoms with Gasteiger partial charge in [0.1, 0.15) is 0 Å². The number of rotatable bonds is 3. The lowest BCUT2D eigenvalue weighted by molar-refractivity contribution is 0.116. The van der Waals surface area contributed by atoms with Gasteiger partial charge in [-0.05, 0) is 36.8 Å². The van der Waals surface area contributed by atoms with Crippen LogP contribution < -0.4 is 0 Å². The summed E-state index contributed by atoms with van der Waals surface area (Å²) in [5, 5.41) is 12.9. The van der Waals surface area contributed by atoms with Gasteiger partial charge in [0.25, 0.3) is 0 Å². The van der Waals surface area contributed by atoms with Crippen LogP contribution in [-0.2, 0) is 6.54 Å². The van der Waals surface area contributed by atoms with Crippen LogP contribution in [0.15, 0.2) is 6.20 Å². The van der Waals surface area contributed by atoms with Gasteiger partial charge in [0.2, 0.25) is 0 Å². The molecule has 2 heterocycles. The molecule has 1 atom stereocenters. The zero-order valence-electron chi connectivity index (χ0n) is 8.09. The maximum Gasteiger partial charge on any atom is 0.0666 e. The van der Waals surface area contributed by atoms with E-state index in [2.05, 4.69) is 14.5 Å². The van der Waals surface area contributed by atoms with Gasteiger partial charge in [-0.2, -0.15) is 0 Å². The second kappa shape index (κ2) is 4.82. The highest BCUT2D eigenvalue weighted by atomic mass is 32.1. The summed E-state index contributed by atoms with van der Waals surface area (Å²) in [6, 6.07) is 0. The third-order valence-electron chi connectivity index (χ3n) is 2.65. The quantitative estimate of drug-likeness (QED) is 0.804. The van der Waals surface area contributed by atoms with Gasteiger partial charge in [-0.1, -0.05) is 4.49 Å². The van der Waals surface area contributed by atoms with Crippen LogP contribution in [0.25, 0.3) is 0 Å². The fraction of sp³-hybridized carbons (Fsp3) is 0.778. The van der Waals surface area contributed by atoms with E-state index in [1.807, 2.05) is 6.20 Å². The zero-order valence-corrected chi connectivity index (χ0v) is 8.91. The summed E-state index contributed by atoms with van der Waals surface area (Å²) < 4.78 is 3.84. The molecule has 1 unspecified atom stereocenters. The van der Waals surface area contributed by atoms with E-state index in [4.69, 9.17) is 5.11 Å². The molecule has 1 aromatic heterocycles. The summed E-state index contributed by atoms with van der Waals surface area (Å²) in [6.07, 6.45) is 4.18. The molecule has 1 aliphatic heterocycles. The van der Waals surface area contributed by atoms with Gasteiger partial charge in [-0.15, -0.1) is 5.10 Å². The van der Waals surface area contributed by atoms with Crippen molar-refractivity contribution in [3.63, 3.8) is 0 Å². The predicted octanol–water partition coefficient (Wildman–Crippen LogP) is 0.742. The highest BCUT2D eigenvalue weighted by Crippen LogP contribution is 2.18. The van der Waals surface area contributed by atoms with Crippen molar-refractivity contribution in [3.05, 3.63) is 11.1 Å². The van der Waals surface area contributed by atoms with Crippen molar-refractivity contribution in [2.45, 2.75) is 19.4 Å². The van der Waals surface area contributed by atoms with E-state index >= 15 is 0 Å². The number of likely N-dealkylation sites (tertiary alicyclic amines) is 1. The fourth-order valence-corrected chi connectivity index (χ4v) is 2.46. The minimum absolute atomic E-state index is 0.317. The maximum atomic E-state index is 9.09. The topological polar surface area (TPSA) is 49.2 Å². The van der Waals surface area contributed by atoms with Gasteiger partial charge in [0.05, 0.1) is 11.1 Å². The molecule has 5 heteroatoms. The van der Waals surface area contributed by atoms with Crippen molar-refractivity contribution in [2.75, 3.05) is 19.7 Å². The lowest BCUT2D eigenvalue weighted by Crippen LogP contribution is -2.36. The van der Waals surface area contributed by atoms with E-state index in [0.717, 1.165) is 26.1 Å². The van der Waals surface area contributed by atoms with E-state index in [-0.39, 0.29) is 0 Å². The number of aromatic nitrogens is 2. The predicted molar refractivity (Wildman–Crippen MR) is 55.0 cm³/mol. The largest absolute Gasteiger partial charge is 0.396 e. The van der Waals surface area contributed by atoms with Crippen molar-refractivity contribution in [3.8, 4) is 0 Å². The van der Waals surface area contributed by atoms with Gasteiger partial charge in [-0.25, -0.2) is 0 Å². The molecule has 4 nitrogen and oxygen atoms in total. The van der Waals surface area contributed by atoms with E-state index in [9.17, 15) is 0 Å². The molecule has 0 radical (unpaired) electrons. The van der Waals surface area contributed by atoms with Crippen LogP contribution in [-0.4, -0.2) is 39.3 Å². The van der Waals surface area contributed by atoms with Crippen LogP contribution in [0.1, 0.15) is 17.7 Å². The number of piperidine rings is 1. The Morgan fingerprint density at radius 2 is 2.57 bits per heavy atom. The van der Waals surface area contributed by atoms with Gasteiger partial charge < -0.3 is 5.11 Å². The van der Waals surface area contributed by atoms with Gasteiger partial charge in [0.15, 0.2) is 0 Å². The molecule has 0 saturated carbocycles. The van der Waals surface area contributed by atoms with Gasteiger partial charge >= 0.3 is 0 Å². The van der Waals surface area contributed by atoms with Crippen molar-refractivity contribution in [1.29, 1.82) is 0 Å². The first-order chi connectivity index (χ1) is 6.88. The summed E-state index contributed by atoms with van der Waals surface area (Å²) in [6.45, 7) is 3.40. The number of hydrogen-bond acceptors (Lipinski definition) is 5. The second-order valence-corrected chi connectivity index (χ2v) is 4.68. The molecule has 2 rings (SSSR count). The smallest absolute Gasteiger partial charge is 0.0666 e. The Kier molecular flexibility index (Phi) is 3.44. The van der Waals surface area contributed by atoms with Crippen LogP contribution in [0.3, 0.4) is 0 Å². The van der Waals surface area contributed by atoms with Crippen LogP contribution in [0.4, 0.5) is 0 Å². The molecule has 0 aromatic carbocycles. The molecule has 0 amide bonds. The average Bonchev–Trinajstić information content (AvgIpc) is 2.71. The van der Waals surface area contributed by atoms with E-state index < -0.39 is 0 Å². The third kappa shape index (κ3) is 2.50. The van der Waals surface area contributed by atoms with Crippen molar-refractivity contribution < 1.29 is 5.11 Å². The van der Waals surface area contributed by atoms with Gasteiger partial charge in [0, 0.05) is 19.7 Å². The molecule has 1 saturated heterocycles. The summed E-state index contributed by atoms with van der Waals surface area (Å²) in [4.78, 5) is 3.59. The Labute approximate surface area is 87.7 Å². The monoisotopic (exact) mass is 213 g/mol. The van der Waals surface area contributed by atoms with E-state index in [1.54, 1.807) is 0 Å². The number of aliphatic hydroxyl groups is 1. The lowest BCUT2D eigenvalue weighted by Gasteiger charge is -2.31. The minimum Gasteiger partial charge on any atom is -0.396 e. The normalized spacial score (nSPS) is 23.9. The summed E-state index contributed by atoms with van der Waals surface area (Å²) >= 11 is 1.46. The Morgan fingerprint density at radius 1 is 1.64 bits per heavy atom. The Hall–Kier alpha value is -0.520. The lowest BCUT2D eigenvalue weighted by atomic mass is 9.99. The van der Waals surface area contributed by atoms with E-state index in [0.29, 0.717) is 12.5 Å². The number of hydrogen-bond donors (Lipinski definition) is 1. The first-order valence-electron chi connectivity index (χ1n) is 4.98.